The summed E-state index contributed by atoms with van der Waals surface area (Å²) in [6, 6.07) is 24.7. The maximum absolute atomic E-state index is 12.4. The highest BCUT2D eigenvalue weighted by molar-refractivity contribution is 5.88. The maximum atomic E-state index is 12.4. The van der Waals surface area contributed by atoms with Crippen LogP contribution >= 0.6 is 0 Å². The Balaban J connectivity index is 0.000000268. The summed E-state index contributed by atoms with van der Waals surface area (Å²) >= 11 is 0. The number of nitrogens with one attached hydrogen (secondary N) is 3. The second-order valence-corrected chi connectivity index (χ2v) is 30.3. The van der Waals surface area contributed by atoms with Gasteiger partial charge in [-0.1, -0.05) is 202 Å². The molecule has 0 aromatic heterocycles. The number of carbonyl (C=O) groups excluding carboxylic acids is 6. The zero-order valence-electron chi connectivity index (χ0n) is 63.1. The van der Waals surface area contributed by atoms with E-state index < -0.39 is 0 Å². The number of esters is 3. The second-order valence-electron chi connectivity index (χ2n) is 30.3. The number of ether oxygens (including phenoxy) is 5. The molecule has 4 aliphatic carbocycles. The molecular weight excluding hydrogens is 1240 g/mol. The van der Waals surface area contributed by atoms with Crippen LogP contribution in [-0.4, -0.2) is 85.3 Å². The molecule has 0 radical (unpaired) electrons. The molecule has 7 rings (SSSR count). The molecule has 3 amide bonds. The van der Waals surface area contributed by atoms with Crippen LogP contribution in [0.2, 0.25) is 0 Å². The molecule has 3 aromatic rings. The molecule has 1 unspecified atom stereocenters. The van der Waals surface area contributed by atoms with Gasteiger partial charge in [0.25, 0.3) is 0 Å². The fourth-order valence-electron chi connectivity index (χ4n) is 12.6. The first-order valence-corrected chi connectivity index (χ1v) is 38.6. The van der Waals surface area contributed by atoms with Crippen LogP contribution in [0.1, 0.15) is 304 Å². The van der Waals surface area contributed by atoms with Gasteiger partial charge in [-0.3, -0.25) is 14.4 Å². The number of unbranched alkanes of at least 4 members (excludes halogenated alkanes) is 6. The van der Waals surface area contributed by atoms with E-state index in [2.05, 4.69) is 61.0 Å². The Morgan fingerprint density at radius 2 is 0.758 bits per heavy atom. The molecule has 0 spiro atoms. The van der Waals surface area contributed by atoms with Gasteiger partial charge in [0, 0.05) is 52.6 Å². The summed E-state index contributed by atoms with van der Waals surface area (Å²) < 4.78 is 28.6. The summed E-state index contributed by atoms with van der Waals surface area (Å²) in [4.78, 5) is 73.8. The minimum atomic E-state index is -0.342. The van der Waals surface area contributed by atoms with E-state index in [0.29, 0.717) is 11.8 Å². The van der Waals surface area contributed by atoms with E-state index in [0.717, 1.165) is 151 Å². The molecule has 3 aromatic carbocycles. The Morgan fingerprint density at radius 3 is 1.11 bits per heavy atom. The van der Waals surface area contributed by atoms with Crippen molar-refractivity contribution in [2.75, 3.05) is 13.2 Å². The van der Waals surface area contributed by atoms with Gasteiger partial charge in [-0.25, -0.2) is 14.4 Å². The Labute approximate surface area is 597 Å². The lowest BCUT2D eigenvalue weighted by molar-refractivity contribution is -0.145. The average molecular weight is 1370 g/mol. The Bertz CT molecular complexity index is 2920. The highest BCUT2D eigenvalue weighted by atomic mass is 16.6. The topological polar surface area (TPSA) is 185 Å². The first kappa shape index (κ1) is 83.0. The quantitative estimate of drug-likeness (QED) is 0.0224. The van der Waals surface area contributed by atoms with Gasteiger partial charge >= 0.3 is 17.9 Å². The number of rotatable bonds is 34. The summed E-state index contributed by atoms with van der Waals surface area (Å²) in [6.45, 7) is 26.1. The standard InChI is InChI=1S/2C29H45NO4.C27H39NO3/c1-6-9-10-22(7-2)21-33-25-16-11-23(12-17-25)13-20-27(31)34-26-18-14-24(15-19-26)30-28(32)29(4,5)8-3;1-5-7-8-9-10-11-22-33-25-17-12-23(13-18-25)14-21-27(31)34-26-19-15-24(16-20-26)30-28(32)29(3,4)6-2;1-4-27(2,3)26(30)28-23-15-17-24(18-16-23)31-25(29)19-12-20-10-13-22(14-11-20)21-8-6-5-7-9-21/h11-13,16-17,20,22,24,26H,6-10,14-15,18-19,21H2,1-5H3,(H,30,32);12-14,17-18,21,24,26H,5-11,15-16,19-20,22H2,1-4H3,(H,30,32);10-14,19,21,23-24H,4-9,15-18H2,1-3H3,(H,28,30)/b20-13+;21-14+;19-12+. The van der Waals surface area contributed by atoms with Crippen LogP contribution in [0.3, 0.4) is 0 Å². The molecule has 4 aliphatic rings. The minimum Gasteiger partial charge on any atom is -0.494 e. The summed E-state index contributed by atoms with van der Waals surface area (Å²) in [5.41, 5.74) is 3.31. The normalized spacial score (nSPS) is 20.3. The molecule has 4 fully saturated rings. The summed E-state index contributed by atoms with van der Waals surface area (Å²) in [6.07, 6.45) is 40.9. The van der Waals surface area contributed by atoms with Gasteiger partial charge in [-0.15, -0.1) is 0 Å². The van der Waals surface area contributed by atoms with Gasteiger partial charge in [0.15, 0.2) is 0 Å². The SMILES string of the molecule is CCC(C)(C)C(=O)NC1CCC(OC(=O)/C=C/c2ccc(C3CCCCC3)cc2)CC1.CCCCC(CC)COc1ccc(/C=C/C(=O)OC2CCC(NC(=O)C(C)(C)CC)CC2)cc1.CCCCCCCCOc1ccc(/C=C/C(=O)OC2CCC(NC(=O)C(C)(C)CC)CC2)cc1. The number of carbonyl (C=O) groups is 6. The van der Waals surface area contributed by atoms with Crippen molar-refractivity contribution < 1.29 is 52.5 Å². The van der Waals surface area contributed by atoms with Gasteiger partial charge in [0.2, 0.25) is 17.7 Å². The fourth-order valence-corrected chi connectivity index (χ4v) is 12.6. The molecule has 3 N–H and O–H groups in total. The summed E-state index contributed by atoms with van der Waals surface area (Å²) in [5.74, 6) is 2.44. The second kappa shape index (κ2) is 44.5. The highest BCUT2D eigenvalue weighted by Crippen LogP contribution is 2.34. The van der Waals surface area contributed by atoms with E-state index in [4.69, 9.17) is 23.7 Å². The summed E-state index contributed by atoms with van der Waals surface area (Å²) in [7, 11) is 0. The van der Waals surface area contributed by atoms with E-state index in [1.807, 2.05) is 117 Å². The fraction of sp³-hybridized carbons (Fsp3) is 0.647. The first-order chi connectivity index (χ1) is 47.5. The van der Waals surface area contributed by atoms with Crippen LogP contribution in [0.5, 0.6) is 11.5 Å². The van der Waals surface area contributed by atoms with Crippen molar-refractivity contribution in [1.29, 1.82) is 0 Å². The molecule has 550 valence electrons. The predicted octanol–water partition coefficient (Wildman–Crippen LogP) is 19.7. The minimum absolute atomic E-state index is 0.0573. The van der Waals surface area contributed by atoms with Gasteiger partial charge in [0.1, 0.15) is 29.8 Å². The Kier molecular flexibility index (Phi) is 37.3. The van der Waals surface area contributed by atoms with E-state index in [1.54, 1.807) is 12.2 Å². The molecule has 14 nitrogen and oxygen atoms in total. The Hall–Kier alpha value is -6.70. The van der Waals surface area contributed by atoms with Crippen LogP contribution in [0.4, 0.5) is 0 Å². The summed E-state index contributed by atoms with van der Waals surface area (Å²) in [5, 5.41) is 9.48. The third kappa shape index (κ3) is 31.8. The van der Waals surface area contributed by atoms with Crippen molar-refractivity contribution in [3.05, 3.63) is 113 Å². The van der Waals surface area contributed by atoms with Crippen molar-refractivity contribution >= 4 is 53.9 Å². The van der Waals surface area contributed by atoms with Crippen molar-refractivity contribution in [3.8, 4) is 11.5 Å². The van der Waals surface area contributed by atoms with Crippen LogP contribution in [0, 0.1) is 22.2 Å². The number of hydrogen-bond acceptors (Lipinski definition) is 11. The first-order valence-electron chi connectivity index (χ1n) is 38.6. The molecule has 4 saturated carbocycles. The number of amides is 3. The van der Waals surface area contributed by atoms with Crippen LogP contribution in [0.25, 0.3) is 18.2 Å². The predicted molar refractivity (Wildman–Crippen MR) is 403 cm³/mol. The van der Waals surface area contributed by atoms with Crippen molar-refractivity contribution in [2.45, 2.75) is 318 Å². The van der Waals surface area contributed by atoms with Crippen molar-refractivity contribution in [2.24, 2.45) is 22.2 Å². The molecule has 0 saturated heterocycles. The molecule has 99 heavy (non-hydrogen) atoms. The van der Waals surface area contributed by atoms with E-state index in [1.165, 1.54) is 107 Å². The van der Waals surface area contributed by atoms with Crippen molar-refractivity contribution in [1.82, 2.24) is 16.0 Å². The van der Waals surface area contributed by atoms with Gasteiger partial charge in [0.05, 0.1) is 13.2 Å². The monoisotopic (exact) mass is 1370 g/mol. The van der Waals surface area contributed by atoms with Gasteiger partial charge < -0.3 is 39.6 Å². The zero-order chi connectivity index (χ0) is 72.1. The molecule has 14 heteroatoms. The van der Waals surface area contributed by atoms with E-state index in [9.17, 15) is 28.8 Å². The zero-order valence-corrected chi connectivity index (χ0v) is 63.1. The van der Waals surface area contributed by atoms with E-state index in [-0.39, 0.29) is 88.3 Å². The largest absolute Gasteiger partial charge is 0.494 e. The molecular formula is C85H129N3O11. The van der Waals surface area contributed by atoms with Crippen LogP contribution in [-0.2, 0) is 43.0 Å². The van der Waals surface area contributed by atoms with Gasteiger partial charge in [-0.05, 0) is 199 Å². The maximum Gasteiger partial charge on any atom is 0.331 e. The number of hydrogen-bond donors (Lipinski definition) is 3. The van der Waals surface area contributed by atoms with E-state index >= 15 is 0 Å². The molecule has 0 bridgehead atoms. The highest BCUT2D eigenvalue weighted by Gasteiger charge is 2.33. The van der Waals surface area contributed by atoms with Crippen LogP contribution in [0.15, 0.2) is 91.0 Å². The molecule has 1 atom stereocenters. The molecule has 0 aliphatic heterocycles. The third-order valence-corrected chi connectivity index (χ3v) is 21.2. The smallest absolute Gasteiger partial charge is 0.331 e. The molecule has 0 heterocycles. The van der Waals surface area contributed by atoms with Crippen LogP contribution < -0.4 is 25.4 Å². The lowest BCUT2D eigenvalue weighted by atomic mass is 9.84. The Morgan fingerprint density at radius 1 is 0.414 bits per heavy atom. The lowest BCUT2D eigenvalue weighted by Crippen LogP contribution is -2.45. The number of benzene rings is 3. The van der Waals surface area contributed by atoms with Crippen molar-refractivity contribution in [3.63, 3.8) is 0 Å². The van der Waals surface area contributed by atoms with Gasteiger partial charge in [-0.2, -0.15) is 0 Å². The third-order valence-electron chi connectivity index (χ3n) is 21.2. The lowest BCUT2D eigenvalue weighted by Gasteiger charge is -2.31. The average Bonchev–Trinajstić information content (AvgIpc) is 1.04.